The van der Waals surface area contributed by atoms with Gasteiger partial charge in [-0.2, -0.15) is 0 Å². The van der Waals surface area contributed by atoms with Gasteiger partial charge in [-0.05, 0) is 54.7 Å². The molecule has 2 atom stereocenters. The average molecular weight is 376 g/mol. The molecule has 1 fully saturated rings. The second-order valence-electron chi connectivity index (χ2n) is 6.06. The SMILES string of the molecule is CC(c1ccc(Br)cc1)N1CCC(c2ccc(F)cc2)CC1=O. The number of halogens is 2. The summed E-state index contributed by atoms with van der Waals surface area (Å²) in [7, 11) is 0. The Labute approximate surface area is 144 Å². The standard InChI is InChI=1S/C19H19BrFNO/c1-13(14-2-6-17(20)7-3-14)22-11-10-16(12-19(22)23)15-4-8-18(21)9-5-15/h2-9,13,16H,10-12H2,1H3. The van der Waals surface area contributed by atoms with E-state index in [4.69, 9.17) is 0 Å². The summed E-state index contributed by atoms with van der Waals surface area (Å²) in [6, 6.07) is 14.7. The number of likely N-dealkylation sites (tertiary alicyclic amines) is 1. The van der Waals surface area contributed by atoms with Gasteiger partial charge in [0, 0.05) is 17.4 Å². The molecule has 23 heavy (non-hydrogen) atoms. The van der Waals surface area contributed by atoms with Crippen molar-refractivity contribution in [1.82, 2.24) is 4.90 Å². The zero-order chi connectivity index (χ0) is 16.4. The quantitative estimate of drug-likeness (QED) is 0.734. The fraction of sp³-hybridized carbons (Fsp3) is 0.316. The van der Waals surface area contributed by atoms with Crippen molar-refractivity contribution in [3.8, 4) is 0 Å². The Bertz CT molecular complexity index is 684. The molecule has 3 rings (SSSR count). The third-order valence-electron chi connectivity index (χ3n) is 4.62. The summed E-state index contributed by atoms with van der Waals surface area (Å²) < 4.78 is 14.1. The summed E-state index contributed by atoms with van der Waals surface area (Å²) in [4.78, 5) is 14.5. The van der Waals surface area contributed by atoms with Crippen LogP contribution in [-0.2, 0) is 4.79 Å². The molecule has 0 bridgehead atoms. The maximum Gasteiger partial charge on any atom is 0.223 e. The number of carbonyl (C=O) groups is 1. The molecular weight excluding hydrogens is 357 g/mol. The molecule has 1 amide bonds. The Balaban J connectivity index is 1.70. The zero-order valence-electron chi connectivity index (χ0n) is 13.0. The Hall–Kier alpha value is -1.68. The highest BCUT2D eigenvalue weighted by molar-refractivity contribution is 9.10. The molecular formula is C19H19BrFNO. The van der Waals surface area contributed by atoms with Gasteiger partial charge in [-0.15, -0.1) is 0 Å². The Kier molecular flexibility index (Phi) is 4.81. The van der Waals surface area contributed by atoms with E-state index < -0.39 is 0 Å². The summed E-state index contributed by atoms with van der Waals surface area (Å²) in [6.07, 6.45) is 1.41. The number of amides is 1. The van der Waals surface area contributed by atoms with Gasteiger partial charge in [0.25, 0.3) is 0 Å². The second-order valence-corrected chi connectivity index (χ2v) is 6.97. The molecule has 4 heteroatoms. The van der Waals surface area contributed by atoms with Crippen molar-refractivity contribution in [3.05, 3.63) is 69.9 Å². The summed E-state index contributed by atoms with van der Waals surface area (Å²) >= 11 is 3.43. The van der Waals surface area contributed by atoms with Crippen LogP contribution >= 0.6 is 15.9 Å². The van der Waals surface area contributed by atoms with Crippen LogP contribution in [0.3, 0.4) is 0 Å². The van der Waals surface area contributed by atoms with Gasteiger partial charge in [-0.1, -0.05) is 40.2 Å². The molecule has 2 aromatic rings. The van der Waals surface area contributed by atoms with Crippen LogP contribution in [0.1, 0.15) is 42.9 Å². The lowest BCUT2D eigenvalue weighted by molar-refractivity contribution is -0.136. The zero-order valence-corrected chi connectivity index (χ0v) is 14.6. The molecule has 0 spiro atoms. The molecule has 1 aliphatic rings. The van der Waals surface area contributed by atoms with E-state index >= 15 is 0 Å². The van der Waals surface area contributed by atoms with Crippen molar-refractivity contribution in [2.24, 2.45) is 0 Å². The van der Waals surface area contributed by atoms with Crippen molar-refractivity contribution in [3.63, 3.8) is 0 Å². The topological polar surface area (TPSA) is 20.3 Å². The highest BCUT2D eigenvalue weighted by Gasteiger charge is 2.30. The molecule has 1 aliphatic heterocycles. The van der Waals surface area contributed by atoms with Crippen LogP contribution in [0.2, 0.25) is 0 Å². The number of piperidine rings is 1. The molecule has 120 valence electrons. The minimum absolute atomic E-state index is 0.0739. The van der Waals surface area contributed by atoms with Crippen LogP contribution in [0, 0.1) is 5.82 Å². The highest BCUT2D eigenvalue weighted by atomic mass is 79.9. The average Bonchev–Trinajstić information content (AvgIpc) is 2.55. The maximum absolute atomic E-state index is 13.0. The first-order valence-electron chi connectivity index (χ1n) is 7.85. The van der Waals surface area contributed by atoms with E-state index in [1.165, 1.54) is 12.1 Å². The molecule has 0 saturated carbocycles. The van der Waals surface area contributed by atoms with Gasteiger partial charge in [0.2, 0.25) is 5.91 Å². The van der Waals surface area contributed by atoms with E-state index in [9.17, 15) is 9.18 Å². The minimum atomic E-state index is -0.235. The molecule has 2 aromatic carbocycles. The van der Waals surface area contributed by atoms with Crippen LogP contribution in [0.15, 0.2) is 53.0 Å². The van der Waals surface area contributed by atoms with Gasteiger partial charge in [0.15, 0.2) is 0 Å². The number of hydrogen-bond donors (Lipinski definition) is 0. The lowest BCUT2D eigenvalue weighted by Gasteiger charge is -2.36. The fourth-order valence-electron chi connectivity index (χ4n) is 3.20. The fourth-order valence-corrected chi connectivity index (χ4v) is 3.46. The molecule has 0 aromatic heterocycles. The monoisotopic (exact) mass is 375 g/mol. The predicted octanol–water partition coefficient (Wildman–Crippen LogP) is 5.06. The van der Waals surface area contributed by atoms with Crippen molar-refractivity contribution in [2.75, 3.05) is 6.54 Å². The van der Waals surface area contributed by atoms with Crippen LogP contribution in [0.4, 0.5) is 4.39 Å². The Morgan fingerprint density at radius 3 is 2.39 bits per heavy atom. The third-order valence-corrected chi connectivity index (χ3v) is 5.15. The van der Waals surface area contributed by atoms with E-state index in [0.717, 1.165) is 28.6 Å². The summed E-state index contributed by atoms with van der Waals surface area (Å²) in [5, 5.41) is 0. The number of nitrogens with zero attached hydrogens (tertiary/aromatic N) is 1. The van der Waals surface area contributed by atoms with Crippen molar-refractivity contribution < 1.29 is 9.18 Å². The normalized spacial score (nSPS) is 19.7. The van der Waals surface area contributed by atoms with Gasteiger partial charge in [0.05, 0.1) is 6.04 Å². The summed E-state index contributed by atoms with van der Waals surface area (Å²) in [6.45, 7) is 2.80. The van der Waals surface area contributed by atoms with Gasteiger partial charge < -0.3 is 4.90 Å². The van der Waals surface area contributed by atoms with Gasteiger partial charge >= 0.3 is 0 Å². The number of benzene rings is 2. The van der Waals surface area contributed by atoms with Gasteiger partial charge in [-0.25, -0.2) is 4.39 Å². The van der Waals surface area contributed by atoms with Crippen molar-refractivity contribution in [1.29, 1.82) is 0 Å². The van der Waals surface area contributed by atoms with E-state index in [1.54, 1.807) is 12.1 Å². The second kappa shape index (κ2) is 6.83. The van der Waals surface area contributed by atoms with Crippen LogP contribution in [-0.4, -0.2) is 17.4 Å². The molecule has 0 N–H and O–H groups in total. The molecule has 0 aliphatic carbocycles. The minimum Gasteiger partial charge on any atom is -0.336 e. The smallest absolute Gasteiger partial charge is 0.223 e. The Morgan fingerprint density at radius 2 is 1.78 bits per heavy atom. The first-order valence-corrected chi connectivity index (χ1v) is 8.64. The Morgan fingerprint density at radius 1 is 1.13 bits per heavy atom. The highest BCUT2D eigenvalue weighted by Crippen LogP contribution is 2.33. The molecule has 1 heterocycles. The number of carbonyl (C=O) groups excluding carboxylic acids is 1. The van der Waals surface area contributed by atoms with Crippen LogP contribution < -0.4 is 0 Å². The van der Waals surface area contributed by atoms with Crippen molar-refractivity contribution >= 4 is 21.8 Å². The van der Waals surface area contributed by atoms with E-state index in [1.807, 2.05) is 29.2 Å². The lowest BCUT2D eigenvalue weighted by atomic mass is 9.88. The molecule has 2 unspecified atom stereocenters. The van der Waals surface area contributed by atoms with Gasteiger partial charge in [-0.3, -0.25) is 4.79 Å². The lowest BCUT2D eigenvalue weighted by Crippen LogP contribution is -2.39. The molecule has 1 saturated heterocycles. The molecule has 0 radical (unpaired) electrons. The third kappa shape index (κ3) is 3.63. The van der Waals surface area contributed by atoms with Gasteiger partial charge in [0.1, 0.15) is 5.82 Å². The first kappa shape index (κ1) is 16.2. The summed E-state index contributed by atoms with van der Waals surface area (Å²) in [5.74, 6) is 0.124. The van der Waals surface area contributed by atoms with E-state index in [-0.39, 0.29) is 23.7 Å². The predicted molar refractivity (Wildman–Crippen MR) is 92.6 cm³/mol. The number of hydrogen-bond acceptors (Lipinski definition) is 1. The van der Waals surface area contributed by atoms with Crippen molar-refractivity contribution in [2.45, 2.75) is 31.7 Å². The largest absolute Gasteiger partial charge is 0.336 e. The maximum atomic E-state index is 13.0. The van der Waals surface area contributed by atoms with E-state index in [0.29, 0.717) is 6.42 Å². The molecule has 2 nitrogen and oxygen atoms in total. The van der Waals surface area contributed by atoms with Crippen LogP contribution in [0.5, 0.6) is 0 Å². The van der Waals surface area contributed by atoms with E-state index in [2.05, 4.69) is 22.9 Å². The number of rotatable bonds is 3. The van der Waals surface area contributed by atoms with Crippen LogP contribution in [0.25, 0.3) is 0 Å². The summed E-state index contributed by atoms with van der Waals surface area (Å²) in [5.41, 5.74) is 2.19. The first-order chi connectivity index (χ1) is 11.0.